The molecule has 3 aromatic carbocycles. The summed E-state index contributed by atoms with van der Waals surface area (Å²) in [6, 6.07) is 25.0. The number of H-pyrrole nitrogens is 2. The summed E-state index contributed by atoms with van der Waals surface area (Å²) in [4.78, 5) is 47.6. The van der Waals surface area contributed by atoms with Gasteiger partial charge in [-0.15, -0.1) is 0 Å². The Labute approximate surface area is 331 Å². The van der Waals surface area contributed by atoms with Gasteiger partial charge in [-0.05, 0) is 98.6 Å². The second-order valence-corrected chi connectivity index (χ2v) is 15.6. The van der Waals surface area contributed by atoms with Gasteiger partial charge in [-0.2, -0.15) is 0 Å². The normalized spacial score (nSPS) is 17.9. The second kappa shape index (κ2) is 14.7. The number of ether oxygens (including phenoxy) is 1. The average molecular weight is 789 g/mol. The lowest BCUT2D eigenvalue weighted by molar-refractivity contribution is -0.924. The quantitative estimate of drug-likeness (QED) is 0.169. The van der Waals surface area contributed by atoms with Crippen molar-refractivity contribution in [3.8, 4) is 28.9 Å². The van der Waals surface area contributed by atoms with Crippen molar-refractivity contribution in [1.29, 1.82) is 0 Å². The molecule has 2 bridgehead atoms. The van der Waals surface area contributed by atoms with E-state index < -0.39 is 28.8 Å². The number of pyridine rings is 1. The van der Waals surface area contributed by atoms with Crippen molar-refractivity contribution in [2.75, 3.05) is 20.2 Å². The molecule has 6 aromatic rings. The number of nitrogens with zero attached hydrogens (tertiary/aromatic N) is 3. The monoisotopic (exact) mass is 788 g/mol. The van der Waals surface area contributed by atoms with E-state index in [1.165, 1.54) is 14.0 Å². The number of aromatic hydroxyl groups is 1. The molecule has 5 heterocycles. The van der Waals surface area contributed by atoms with Gasteiger partial charge in [0.05, 0.1) is 37.4 Å². The molecule has 8 rings (SSSR count). The van der Waals surface area contributed by atoms with Crippen LogP contribution in [0.4, 0.5) is 0 Å². The molecule has 0 radical (unpaired) electrons. The van der Waals surface area contributed by atoms with Gasteiger partial charge in [0.2, 0.25) is 5.88 Å². The Bertz CT molecular complexity index is 2680. The highest BCUT2D eigenvalue weighted by Crippen LogP contribution is 2.39. The van der Waals surface area contributed by atoms with E-state index in [-0.39, 0.29) is 32.1 Å². The number of hydrogen-bond acceptors (Lipinski definition) is 8. The minimum Gasteiger partial charge on any atom is -0.859 e. The fourth-order valence-electron chi connectivity index (χ4n) is 8.57. The maximum Gasteiger partial charge on any atom is 0.259 e. The second-order valence-electron chi connectivity index (χ2n) is 14.9. The first-order valence-electron chi connectivity index (χ1n) is 18.4. The van der Waals surface area contributed by atoms with Crippen LogP contribution in [0.3, 0.4) is 0 Å². The van der Waals surface area contributed by atoms with Gasteiger partial charge in [-0.25, -0.2) is 0 Å². The van der Waals surface area contributed by atoms with E-state index in [1.807, 2.05) is 60.9 Å². The lowest BCUT2D eigenvalue weighted by atomic mass is 9.82. The molecule has 1 saturated heterocycles. The van der Waals surface area contributed by atoms with Crippen molar-refractivity contribution in [2.24, 2.45) is 5.92 Å². The summed E-state index contributed by atoms with van der Waals surface area (Å²) >= 11 is 11.1. The van der Waals surface area contributed by atoms with E-state index in [4.69, 9.17) is 29.2 Å². The van der Waals surface area contributed by atoms with Crippen LogP contribution < -0.4 is 31.4 Å². The van der Waals surface area contributed by atoms with E-state index in [9.17, 15) is 24.6 Å². The van der Waals surface area contributed by atoms with Crippen LogP contribution in [0.1, 0.15) is 57.3 Å². The molecule has 4 atom stereocenters. The third kappa shape index (κ3) is 6.63. The van der Waals surface area contributed by atoms with Crippen molar-refractivity contribution in [3.05, 3.63) is 165 Å². The molecule has 1 fully saturated rings. The highest BCUT2D eigenvalue weighted by molar-refractivity contribution is 7.71. The number of rotatable bonds is 8. The van der Waals surface area contributed by atoms with Crippen molar-refractivity contribution >= 4 is 24.4 Å². The lowest BCUT2D eigenvalue weighted by Crippen LogP contribution is -3.13. The minimum atomic E-state index is -1.38. The summed E-state index contributed by atoms with van der Waals surface area (Å²) in [5, 5.41) is 26.9. The van der Waals surface area contributed by atoms with Gasteiger partial charge in [-0.1, -0.05) is 47.5 Å². The molecule has 14 heteroatoms. The van der Waals surface area contributed by atoms with Gasteiger partial charge in [0.15, 0.2) is 9.54 Å². The zero-order chi connectivity index (χ0) is 39.4. The standard InChI is InChI=1S/C42H40N6O6S2/c1-23-7-12-29(13-8-23)47-39(52)35(37(50)43-41(47)55)34(36-38(51)44-42(56)48(40(36)53)30-14-9-24(2)10-15-30)26-11-16-32(54-3)28(18-26)22-45-19-25-17-27(21-45)31-5-4-6-33(49)46(31)20-25/h4-16,18,25,27,34,52-53H,17,19-22H2,1-3H3,(H,43,50,55)(H,44,51,56)/t25-,27+/m1/s1. The fourth-order valence-corrected chi connectivity index (χ4v) is 9.14. The van der Waals surface area contributed by atoms with Gasteiger partial charge in [-0.3, -0.25) is 28.9 Å². The SMILES string of the molecule is COc1ccc(C(c2c([O-])n(-c3ccc(C)cc3)c(=S)[nH]c2=O)c2c(O)n(-c3ccc(C)cc3)c(=S)[nH]c2=O)cc1C[NH+]1C[C@H]2C[C@@H](C1)c1cccc(=O)n1C2. The predicted octanol–water partition coefficient (Wildman–Crippen LogP) is 4.05. The maximum atomic E-state index is 14.7. The van der Waals surface area contributed by atoms with Crippen molar-refractivity contribution in [3.63, 3.8) is 0 Å². The molecule has 2 aliphatic rings. The summed E-state index contributed by atoms with van der Waals surface area (Å²) in [6.45, 7) is 6.63. The summed E-state index contributed by atoms with van der Waals surface area (Å²) < 4.78 is 10.1. The molecule has 4 N–H and O–H groups in total. The van der Waals surface area contributed by atoms with Crippen molar-refractivity contribution < 1.29 is 19.8 Å². The van der Waals surface area contributed by atoms with E-state index in [0.717, 1.165) is 41.9 Å². The first-order chi connectivity index (χ1) is 26.9. The summed E-state index contributed by atoms with van der Waals surface area (Å²) in [6.07, 6.45) is 1.00. The average Bonchev–Trinajstić information content (AvgIpc) is 3.16. The zero-order valence-electron chi connectivity index (χ0n) is 31.0. The number of quaternary nitrogens is 1. The summed E-state index contributed by atoms with van der Waals surface area (Å²) in [7, 11) is 1.58. The van der Waals surface area contributed by atoms with Crippen LogP contribution in [-0.2, 0) is 13.1 Å². The Morgan fingerprint density at radius 1 is 0.857 bits per heavy atom. The molecule has 3 aromatic heterocycles. The number of fused-ring (bicyclic) bond motifs is 4. The van der Waals surface area contributed by atoms with Crippen LogP contribution in [0.25, 0.3) is 11.4 Å². The van der Waals surface area contributed by atoms with Gasteiger partial charge >= 0.3 is 0 Å². The fraction of sp³-hybridized carbons (Fsp3) is 0.262. The molecule has 2 aliphatic heterocycles. The first kappa shape index (κ1) is 37.1. The highest BCUT2D eigenvalue weighted by Gasteiger charge is 2.38. The predicted molar refractivity (Wildman–Crippen MR) is 215 cm³/mol. The maximum absolute atomic E-state index is 14.7. The Kier molecular flexibility index (Phi) is 9.73. The smallest absolute Gasteiger partial charge is 0.259 e. The third-order valence-corrected chi connectivity index (χ3v) is 11.7. The molecule has 0 spiro atoms. The van der Waals surface area contributed by atoms with Crippen molar-refractivity contribution in [2.45, 2.75) is 45.2 Å². The van der Waals surface area contributed by atoms with Crippen LogP contribution in [0.15, 0.2) is 99.3 Å². The van der Waals surface area contributed by atoms with Crippen molar-refractivity contribution in [1.82, 2.24) is 23.7 Å². The Morgan fingerprint density at radius 2 is 1.48 bits per heavy atom. The number of aryl methyl sites for hydroxylation is 2. The molecule has 56 heavy (non-hydrogen) atoms. The third-order valence-electron chi connectivity index (χ3n) is 11.1. The number of piperidine rings is 1. The number of methoxy groups -OCH3 is 1. The Balaban J connectivity index is 1.32. The molecule has 286 valence electrons. The van der Waals surface area contributed by atoms with Crippen LogP contribution in [0, 0.1) is 29.3 Å². The molecule has 2 unspecified atom stereocenters. The molecule has 0 saturated carbocycles. The number of aromatic amines is 2. The number of likely N-dealkylation sites (tertiary alicyclic amines) is 1. The molecular weight excluding hydrogens is 749 g/mol. The Hall–Kier alpha value is -5.83. The van der Waals surface area contributed by atoms with E-state index in [0.29, 0.717) is 41.7 Å². The summed E-state index contributed by atoms with van der Waals surface area (Å²) in [5.41, 5.74) is 2.97. The van der Waals surface area contributed by atoms with Gasteiger partial charge < -0.3 is 29.0 Å². The first-order valence-corrected chi connectivity index (χ1v) is 19.2. The van der Waals surface area contributed by atoms with E-state index in [2.05, 4.69) is 9.97 Å². The van der Waals surface area contributed by atoms with E-state index >= 15 is 0 Å². The number of hydrogen-bond donors (Lipinski definition) is 4. The topological polar surface area (TPSA) is 155 Å². The lowest BCUT2D eigenvalue weighted by Gasteiger charge is -2.40. The number of nitrogens with one attached hydrogen (secondary N) is 3. The Morgan fingerprint density at radius 3 is 2.14 bits per heavy atom. The highest BCUT2D eigenvalue weighted by atomic mass is 32.1. The molecule has 0 aliphatic carbocycles. The van der Waals surface area contributed by atoms with Gasteiger partial charge in [0, 0.05) is 47.0 Å². The number of aromatic nitrogens is 5. The van der Waals surface area contributed by atoms with Crippen LogP contribution in [-0.4, -0.2) is 49.0 Å². The zero-order valence-corrected chi connectivity index (χ0v) is 32.6. The molecule has 12 nitrogen and oxygen atoms in total. The van der Waals surface area contributed by atoms with Crippen LogP contribution in [0.2, 0.25) is 0 Å². The molecule has 0 amide bonds. The number of benzene rings is 3. The largest absolute Gasteiger partial charge is 0.859 e. The van der Waals surface area contributed by atoms with E-state index in [1.54, 1.807) is 49.6 Å². The minimum absolute atomic E-state index is 0.0209. The summed E-state index contributed by atoms with van der Waals surface area (Å²) in [5.74, 6) is -1.54. The molecular formula is C42H40N6O6S2. The van der Waals surface area contributed by atoms with Gasteiger partial charge in [0.25, 0.3) is 16.7 Å². The van der Waals surface area contributed by atoms with Crippen LogP contribution in [0.5, 0.6) is 17.5 Å². The van der Waals surface area contributed by atoms with Gasteiger partial charge in [0.1, 0.15) is 12.3 Å². The van der Waals surface area contributed by atoms with Crippen LogP contribution >= 0.6 is 24.4 Å².